The van der Waals surface area contributed by atoms with Gasteiger partial charge in [-0.15, -0.1) is 5.10 Å². The first-order valence-corrected chi connectivity index (χ1v) is 6.37. The zero-order valence-corrected chi connectivity index (χ0v) is 11.8. The van der Waals surface area contributed by atoms with Crippen LogP contribution in [0.1, 0.15) is 5.56 Å². The topological polar surface area (TPSA) is 78.5 Å². The van der Waals surface area contributed by atoms with Crippen molar-refractivity contribution in [2.24, 2.45) is 7.05 Å². The van der Waals surface area contributed by atoms with Gasteiger partial charge < -0.3 is 0 Å². The van der Waals surface area contributed by atoms with Gasteiger partial charge in [0.05, 0.1) is 17.8 Å². The zero-order valence-electron chi connectivity index (χ0n) is 10.3. The maximum atomic E-state index is 12.2. The summed E-state index contributed by atoms with van der Waals surface area (Å²) in [7, 11) is 1.70. The molecule has 0 aromatic carbocycles. The monoisotopic (exact) mass is 310 g/mol. The Morgan fingerprint density at radius 1 is 1.30 bits per heavy atom. The van der Waals surface area contributed by atoms with Gasteiger partial charge in [-0.2, -0.15) is 5.10 Å². The van der Waals surface area contributed by atoms with Crippen LogP contribution < -0.4 is 5.56 Å². The van der Waals surface area contributed by atoms with Gasteiger partial charge in [0.15, 0.2) is 5.65 Å². The summed E-state index contributed by atoms with van der Waals surface area (Å²) in [5.41, 5.74) is 0.788. The van der Waals surface area contributed by atoms with Crippen molar-refractivity contribution in [1.82, 2.24) is 29.8 Å². The molecule has 3 aromatic heterocycles. The minimum absolute atomic E-state index is 0.166. The van der Waals surface area contributed by atoms with Crippen molar-refractivity contribution in [3.63, 3.8) is 0 Å². The number of rotatable bonds is 2. The van der Waals surface area contributed by atoms with Gasteiger partial charge in [-0.3, -0.25) is 4.79 Å². The Balaban J connectivity index is 2.07. The molecule has 0 saturated heterocycles. The summed E-state index contributed by atoms with van der Waals surface area (Å²) in [6.07, 6.45) is 2.97. The van der Waals surface area contributed by atoms with Gasteiger partial charge in [0.2, 0.25) is 0 Å². The van der Waals surface area contributed by atoms with Gasteiger partial charge in [0.1, 0.15) is 10.5 Å². The lowest BCUT2D eigenvalue weighted by molar-refractivity contribution is 0.594. The minimum Gasteiger partial charge on any atom is -0.267 e. The van der Waals surface area contributed by atoms with E-state index in [1.165, 1.54) is 27.8 Å². The third-order valence-electron chi connectivity index (χ3n) is 2.84. The second-order valence-corrected chi connectivity index (χ2v) is 4.95. The van der Waals surface area contributed by atoms with E-state index < -0.39 is 0 Å². The molecule has 0 aliphatic carbocycles. The number of halogens is 2. The predicted octanol–water partition coefficient (Wildman–Crippen LogP) is 1.28. The second kappa shape index (κ2) is 4.84. The van der Waals surface area contributed by atoms with Crippen LogP contribution in [0.25, 0.3) is 11.0 Å². The van der Waals surface area contributed by atoms with E-state index in [2.05, 4.69) is 20.4 Å². The Bertz CT molecular complexity index is 856. The first-order valence-electron chi connectivity index (χ1n) is 5.61. The fourth-order valence-corrected chi connectivity index (χ4v) is 2.22. The van der Waals surface area contributed by atoms with E-state index in [9.17, 15) is 4.79 Å². The Morgan fingerprint density at radius 2 is 2.10 bits per heavy atom. The minimum atomic E-state index is -0.283. The molecule has 0 N–H and O–H groups in total. The van der Waals surface area contributed by atoms with E-state index in [-0.39, 0.29) is 12.1 Å². The van der Waals surface area contributed by atoms with E-state index in [4.69, 9.17) is 23.2 Å². The standard InChI is InChI=1S/C11H8Cl2N6O/c1-18-10-7(4-15-18)11(20)19(17-16-10)5-6-3-14-9(13)2-8(6)12/h2-4H,5H2,1H3. The average Bonchev–Trinajstić information content (AvgIpc) is 2.78. The van der Waals surface area contributed by atoms with E-state index in [1.807, 2.05) is 0 Å². The average molecular weight is 311 g/mol. The molecule has 0 radical (unpaired) electrons. The highest BCUT2D eigenvalue weighted by atomic mass is 35.5. The maximum absolute atomic E-state index is 12.2. The number of hydrogen-bond acceptors (Lipinski definition) is 5. The van der Waals surface area contributed by atoms with Crippen molar-refractivity contribution in [1.29, 1.82) is 0 Å². The number of pyridine rings is 1. The highest BCUT2D eigenvalue weighted by Crippen LogP contribution is 2.18. The van der Waals surface area contributed by atoms with Crippen molar-refractivity contribution < 1.29 is 0 Å². The summed E-state index contributed by atoms with van der Waals surface area (Å²) in [6.45, 7) is 0.166. The van der Waals surface area contributed by atoms with Crippen LogP contribution in [0.3, 0.4) is 0 Å². The SMILES string of the molecule is Cn1ncc2c(=O)n(Cc3cnc(Cl)cc3Cl)nnc21. The lowest BCUT2D eigenvalue weighted by Crippen LogP contribution is -2.25. The van der Waals surface area contributed by atoms with Gasteiger partial charge in [-0.25, -0.2) is 14.3 Å². The summed E-state index contributed by atoms with van der Waals surface area (Å²) >= 11 is 11.8. The van der Waals surface area contributed by atoms with Crippen molar-refractivity contribution in [3.05, 3.63) is 44.6 Å². The normalized spacial score (nSPS) is 11.2. The third kappa shape index (κ3) is 2.14. The first kappa shape index (κ1) is 13.0. The molecule has 0 spiro atoms. The van der Waals surface area contributed by atoms with Gasteiger partial charge in [0.25, 0.3) is 5.56 Å². The molecule has 0 aliphatic heterocycles. The molecule has 20 heavy (non-hydrogen) atoms. The molecule has 0 amide bonds. The molecule has 9 heteroatoms. The van der Waals surface area contributed by atoms with Gasteiger partial charge in [-0.1, -0.05) is 28.4 Å². The predicted molar refractivity (Wildman–Crippen MR) is 73.9 cm³/mol. The van der Waals surface area contributed by atoms with Gasteiger partial charge in [-0.05, 0) is 6.07 Å². The smallest absolute Gasteiger partial charge is 0.267 e. The van der Waals surface area contributed by atoms with Crippen LogP contribution in [-0.4, -0.2) is 29.8 Å². The Labute approximate surface area is 122 Å². The van der Waals surface area contributed by atoms with Crippen molar-refractivity contribution in [2.75, 3.05) is 0 Å². The van der Waals surface area contributed by atoms with E-state index in [1.54, 1.807) is 7.05 Å². The van der Waals surface area contributed by atoms with E-state index in [0.717, 1.165) is 0 Å². The molecule has 0 saturated carbocycles. The summed E-state index contributed by atoms with van der Waals surface area (Å²) in [4.78, 5) is 16.2. The summed E-state index contributed by atoms with van der Waals surface area (Å²) in [5.74, 6) is 0. The summed E-state index contributed by atoms with van der Waals surface area (Å²) in [6, 6.07) is 1.51. The molecule has 0 atom stereocenters. The fourth-order valence-electron chi connectivity index (χ4n) is 1.79. The van der Waals surface area contributed by atoms with Gasteiger partial charge in [0, 0.05) is 18.8 Å². The van der Waals surface area contributed by atoms with Gasteiger partial charge >= 0.3 is 0 Å². The number of hydrogen-bond donors (Lipinski definition) is 0. The number of aryl methyl sites for hydroxylation is 1. The number of fused-ring (bicyclic) bond motifs is 1. The molecule has 102 valence electrons. The molecule has 0 aliphatic rings. The molecular weight excluding hydrogens is 303 g/mol. The van der Waals surface area contributed by atoms with Crippen LogP contribution in [0.15, 0.2) is 23.3 Å². The Kier molecular flexibility index (Phi) is 3.15. The van der Waals surface area contributed by atoms with Crippen molar-refractivity contribution >= 4 is 34.2 Å². The summed E-state index contributed by atoms with van der Waals surface area (Å²) < 4.78 is 2.70. The highest BCUT2D eigenvalue weighted by Gasteiger charge is 2.11. The Hall–Kier alpha value is -1.99. The second-order valence-electron chi connectivity index (χ2n) is 4.16. The largest absolute Gasteiger partial charge is 0.281 e. The van der Waals surface area contributed by atoms with E-state index >= 15 is 0 Å². The van der Waals surface area contributed by atoms with Crippen LogP contribution in [0.5, 0.6) is 0 Å². The molecule has 0 unspecified atom stereocenters. The molecule has 7 nitrogen and oxygen atoms in total. The van der Waals surface area contributed by atoms with Crippen molar-refractivity contribution in [3.8, 4) is 0 Å². The number of nitrogens with zero attached hydrogens (tertiary/aromatic N) is 6. The fraction of sp³-hybridized carbons (Fsp3) is 0.182. The first-order chi connectivity index (χ1) is 9.56. The number of aromatic nitrogens is 6. The molecule has 0 bridgehead atoms. The van der Waals surface area contributed by atoms with Crippen LogP contribution in [-0.2, 0) is 13.6 Å². The molecule has 3 rings (SSSR count). The van der Waals surface area contributed by atoms with E-state index in [0.29, 0.717) is 26.8 Å². The van der Waals surface area contributed by atoms with Crippen LogP contribution in [0.4, 0.5) is 0 Å². The quantitative estimate of drug-likeness (QED) is 0.666. The zero-order chi connectivity index (χ0) is 14.3. The molecule has 3 heterocycles. The highest BCUT2D eigenvalue weighted by molar-refractivity contribution is 6.34. The van der Waals surface area contributed by atoms with Crippen LogP contribution in [0, 0.1) is 0 Å². The molecule has 3 aromatic rings. The lowest BCUT2D eigenvalue weighted by atomic mass is 10.3. The Morgan fingerprint density at radius 3 is 2.85 bits per heavy atom. The molecular formula is C11H8Cl2N6O. The lowest BCUT2D eigenvalue weighted by Gasteiger charge is -2.05. The van der Waals surface area contributed by atoms with Crippen molar-refractivity contribution in [2.45, 2.75) is 6.54 Å². The maximum Gasteiger partial charge on any atom is 0.281 e. The third-order valence-corrected chi connectivity index (χ3v) is 3.39. The van der Waals surface area contributed by atoms with Crippen LogP contribution >= 0.6 is 23.2 Å². The summed E-state index contributed by atoms with van der Waals surface area (Å²) in [5, 5.41) is 12.9. The molecule has 0 fully saturated rings. The van der Waals surface area contributed by atoms with Crippen LogP contribution in [0.2, 0.25) is 10.2 Å².